The Morgan fingerprint density at radius 1 is 1.14 bits per heavy atom. The third kappa shape index (κ3) is 4.52. The predicted molar refractivity (Wildman–Crippen MR) is 81.5 cm³/mol. The Balaban J connectivity index is 2.00. The average Bonchev–Trinajstić information content (AvgIpc) is 2.53. The highest BCUT2D eigenvalue weighted by Gasteiger charge is 2.16. The topological polar surface area (TPSA) is 44.8 Å². The van der Waals surface area contributed by atoms with Crippen molar-refractivity contribution in [1.82, 2.24) is 0 Å². The first-order valence-corrected chi connectivity index (χ1v) is 7.33. The molecule has 0 saturated heterocycles. The first-order chi connectivity index (χ1) is 10.2. The number of methoxy groups -OCH3 is 2. The number of carbonyl (C=O) groups excluding carboxylic acids is 1. The van der Waals surface area contributed by atoms with Gasteiger partial charge in [0.1, 0.15) is 17.6 Å². The lowest BCUT2D eigenvalue weighted by Crippen LogP contribution is -2.19. The molecule has 0 heterocycles. The van der Waals surface area contributed by atoms with Crippen LogP contribution < -0.4 is 9.47 Å². The summed E-state index contributed by atoms with van der Waals surface area (Å²) in [5, 5.41) is 0. The molecular formula is C17H22O4. The van der Waals surface area contributed by atoms with E-state index < -0.39 is 0 Å². The summed E-state index contributed by atoms with van der Waals surface area (Å²) in [6, 6.07) is 5.45. The molecule has 1 fully saturated rings. The summed E-state index contributed by atoms with van der Waals surface area (Å²) in [5.41, 5.74) is 0.789. The maximum atomic E-state index is 11.9. The van der Waals surface area contributed by atoms with E-state index in [4.69, 9.17) is 14.2 Å². The average molecular weight is 290 g/mol. The van der Waals surface area contributed by atoms with Crippen molar-refractivity contribution in [1.29, 1.82) is 0 Å². The molecular weight excluding hydrogens is 268 g/mol. The molecule has 1 saturated carbocycles. The van der Waals surface area contributed by atoms with Crippen molar-refractivity contribution in [2.75, 3.05) is 14.2 Å². The van der Waals surface area contributed by atoms with Gasteiger partial charge in [0, 0.05) is 11.6 Å². The van der Waals surface area contributed by atoms with Gasteiger partial charge >= 0.3 is 5.97 Å². The lowest BCUT2D eigenvalue weighted by Gasteiger charge is -2.20. The Morgan fingerprint density at radius 2 is 1.90 bits per heavy atom. The number of esters is 1. The molecule has 21 heavy (non-hydrogen) atoms. The molecule has 0 aliphatic heterocycles. The fourth-order valence-corrected chi connectivity index (χ4v) is 2.51. The quantitative estimate of drug-likeness (QED) is 0.614. The number of rotatable bonds is 5. The summed E-state index contributed by atoms with van der Waals surface area (Å²) >= 11 is 0. The summed E-state index contributed by atoms with van der Waals surface area (Å²) in [4.78, 5) is 11.9. The summed E-state index contributed by atoms with van der Waals surface area (Å²) in [6.07, 6.45) is 8.70. The van der Waals surface area contributed by atoms with Crippen LogP contribution in [0.25, 0.3) is 6.08 Å². The second-order valence-corrected chi connectivity index (χ2v) is 5.14. The minimum absolute atomic E-state index is 0.0723. The van der Waals surface area contributed by atoms with Crippen molar-refractivity contribution in [3.05, 3.63) is 29.8 Å². The van der Waals surface area contributed by atoms with E-state index in [1.807, 2.05) is 18.2 Å². The number of hydrogen-bond acceptors (Lipinski definition) is 4. The molecule has 1 aromatic rings. The minimum Gasteiger partial charge on any atom is -0.497 e. The molecule has 0 unspecified atom stereocenters. The van der Waals surface area contributed by atoms with Crippen LogP contribution in [0.1, 0.15) is 37.7 Å². The van der Waals surface area contributed by atoms with Gasteiger partial charge in [-0.15, -0.1) is 0 Å². The van der Waals surface area contributed by atoms with E-state index in [-0.39, 0.29) is 12.1 Å². The molecule has 114 valence electrons. The predicted octanol–water partition coefficient (Wildman–Crippen LogP) is 3.59. The van der Waals surface area contributed by atoms with Crippen LogP contribution in [0.3, 0.4) is 0 Å². The molecule has 2 rings (SSSR count). The van der Waals surface area contributed by atoms with E-state index in [0.717, 1.165) is 37.0 Å². The van der Waals surface area contributed by atoms with E-state index in [0.29, 0.717) is 5.75 Å². The lowest BCUT2D eigenvalue weighted by atomic mass is 9.98. The van der Waals surface area contributed by atoms with E-state index in [9.17, 15) is 4.79 Å². The zero-order valence-corrected chi connectivity index (χ0v) is 12.6. The van der Waals surface area contributed by atoms with E-state index >= 15 is 0 Å². The molecule has 4 heteroatoms. The van der Waals surface area contributed by atoms with Gasteiger partial charge in [-0.05, 0) is 50.0 Å². The van der Waals surface area contributed by atoms with Crippen molar-refractivity contribution in [2.45, 2.75) is 38.2 Å². The van der Waals surface area contributed by atoms with Gasteiger partial charge in [-0.3, -0.25) is 0 Å². The largest absolute Gasteiger partial charge is 0.497 e. The van der Waals surface area contributed by atoms with Crippen LogP contribution in [-0.4, -0.2) is 26.3 Å². The molecule has 0 amide bonds. The Hall–Kier alpha value is -1.97. The van der Waals surface area contributed by atoms with Gasteiger partial charge in [-0.1, -0.05) is 6.42 Å². The fourth-order valence-electron chi connectivity index (χ4n) is 2.51. The second-order valence-electron chi connectivity index (χ2n) is 5.14. The zero-order chi connectivity index (χ0) is 15.1. The van der Waals surface area contributed by atoms with Crippen LogP contribution in [0.2, 0.25) is 0 Å². The van der Waals surface area contributed by atoms with Crippen molar-refractivity contribution >= 4 is 12.0 Å². The molecule has 0 radical (unpaired) electrons. The first kappa shape index (κ1) is 15.4. The molecule has 1 aliphatic rings. The van der Waals surface area contributed by atoms with Gasteiger partial charge in [0.15, 0.2) is 0 Å². The van der Waals surface area contributed by atoms with Crippen LogP contribution >= 0.6 is 0 Å². The van der Waals surface area contributed by atoms with Gasteiger partial charge in [0.25, 0.3) is 0 Å². The van der Waals surface area contributed by atoms with Crippen LogP contribution in [0.5, 0.6) is 11.5 Å². The van der Waals surface area contributed by atoms with E-state index in [1.165, 1.54) is 12.5 Å². The Labute approximate surface area is 125 Å². The zero-order valence-electron chi connectivity index (χ0n) is 12.6. The summed E-state index contributed by atoms with van der Waals surface area (Å²) in [6.45, 7) is 0. The standard InChI is InChI=1S/C17H22O4/c1-19-15-9-10-16(20-2)13(12-15)8-11-17(18)21-14-6-4-3-5-7-14/h8-12,14H,3-7H2,1-2H3. The maximum Gasteiger partial charge on any atom is 0.331 e. The summed E-state index contributed by atoms with van der Waals surface area (Å²) in [5.74, 6) is 1.11. The van der Waals surface area contributed by atoms with Gasteiger partial charge < -0.3 is 14.2 Å². The monoisotopic (exact) mass is 290 g/mol. The fraction of sp³-hybridized carbons (Fsp3) is 0.471. The molecule has 0 spiro atoms. The smallest absolute Gasteiger partial charge is 0.331 e. The van der Waals surface area contributed by atoms with Gasteiger partial charge in [-0.2, -0.15) is 0 Å². The molecule has 1 aliphatic carbocycles. The number of carbonyl (C=O) groups is 1. The highest BCUT2D eigenvalue weighted by molar-refractivity contribution is 5.87. The van der Waals surface area contributed by atoms with Gasteiger partial charge in [0.2, 0.25) is 0 Å². The highest BCUT2D eigenvalue weighted by Crippen LogP contribution is 2.25. The number of benzene rings is 1. The number of hydrogen-bond donors (Lipinski definition) is 0. The molecule has 4 nitrogen and oxygen atoms in total. The van der Waals surface area contributed by atoms with E-state index in [1.54, 1.807) is 20.3 Å². The van der Waals surface area contributed by atoms with Crippen molar-refractivity contribution in [3.8, 4) is 11.5 Å². The van der Waals surface area contributed by atoms with E-state index in [2.05, 4.69) is 0 Å². The minimum atomic E-state index is -0.299. The first-order valence-electron chi connectivity index (χ1n) is 7.33. The summed E-state index contributed by atoms with van der Waals surface area (Å²) < 4.78 is 15.9. The van der Waals surface area contributed by atoms with Gasteiger partial charge in [0.05, 0.1) is 14.2 Å². The number of ether oxygens (including phenoxy) is 3. The summed E-state index contributed by atoms with van der Waals surface area (Å²) in [7, 11) is 3.20. The molecule has 0 N–H and O–H groups in total. The van der Waals surface area contributed by atoms with Crippen LogP contribution in [0.15, 0.2) is 24.3 Å². The molecule has 0 bridgehead atoms. The normalized spacial score (nSPS) is 15.9. The Morgan fingerprint density at radius 3 is 2.57 bits per heavy atom. The molecule has 0 atom stereocenters. The lowest BCUT2D eigenvalue weighted by molar-refractivity contribution is -0.144. The van der Waals surface area contributed by atoms with Crippen LogP contribution in [0.4, 0.5) is 0 Å². The van der Waals surface area contributed by atoms with Crippen molar-refractivity contribution in [2.24, 2.45) is 0 Å². The molecule has 0 aromatic heterocycles. The van der Waals surface area contributed by atoms with Crippen molar-refractivity contribution in [3.63, 3.8) is 0 Å². The Kier molecular flexibility index (Phi) is 5.67. The van der Waals surface area contributed by atoms with Crippen LogP contribution in [0, 0.1) is 0 Å². The maximum absolute atomic E-state index is 11.9. The SMILES string of the molecule is COc1ccc(OC)c(C=CC(=O)OC2CCCCC2)c1. The molecule has 1 aromatic carbocycles. The Bertz CT molecular complexity index is 502. The van der Waals surface area contributed by atoms with Crippen molar-refractivity contribution < 1.29 is 19.0 Å². The third-order valence-corrected chi connectivity index (χ3v) is 3.67. The second kappa shape index (κ2) is 7.72. The highest BCUT2D eigenvalue weighted by atomic mass is 16.5. The third-order valence-electron chi connectivity index (χ3n) is 3.67. The van der Waals surface area contributed by atoms with Crippen LogP contribution in [-0.2, 0) is 9.53 Å². The van der Waals surface area contributed by atoms with Gasteiger partial charge in [-0.25, -0.2) is 4.79 Å².